The summed E-state index contributed by atoms with van der Waals surface area (Å²) < 4.78 is 13.6. The summed E-state index contributed by atoms with van der Waals surface area (Å²) in [7, 11) is 0. The molecule has 0 radical (unpaired) electrons. The molecule has 106 valence electrons. The highest BCUT2D eigenvalue weighted by atomic mass is 19.1. The second-order valence-corrected chi connectivity index (χ2v) is 5.24. The van der Waals surface area contributed by atoms with Crippen molar-refractivity contribution in [1.29, 1.82) is 0 Å². The lowest BCUT2D eigenvalue weighted by Crippen LogP contribution is -2.17. The first-order chi connectivity index (χ1) is 9.00. The summed E-state index contributed by atoms with van der Waals surface area (Å²) in [6, 6.07) is 4.36. The van der Waals surface area contributed by atoms with E-state index in [1.54, 1.807) is 12.1 Å². The van der Waals surface area contributed by atoms with Gasteiger partial charge in [-0.1, -0.05) is 32.8 Å². The third-order valence-electron chi connectivity index (χ3n) is 3.04. The van der Waals surface area contributed by atoms with Gasteiger partial charge in [-0.3, -0.25) is 4.79 Å². The molecule has 0 atom stereocenters. The van der Waals surface area contributed by atoms with Crippen LogP contribution in [0.2, 0.25) is 0 Å². The molecule has 0 aliphatic rings. The van der Waals surface area contributed by atoms with Crippen molar-refractivity contribution in [2.45, 2.75) is 39.7 Å². The number of benzene rings is 1. The van der Waals surface area contributed by atoms with E-state index in [0.29, 0.717) is 12.1 Å². The highest BCUT2D eigenvalue weighted by Gasteiger charge is 2.06. The first kappa shape index (κ1) is 15.6. The largest absolute Gasteiger partial charge is 0.366 e. The topological polar surface area (TPSA) is 55.1 Å². The number of nitrogens with two attached hydrogens (primary N) is 1. The molecule has 0 saturated heterocycles. The van der Waals surface area contributed by atoms with Gasteiger partial charge in [0, 0.05) is 17.7 Å². The molecule has 1 amide bonds. The van der Waals surface area contributed by atoms with Gasteiger partial charge < -0.3 is 11.1 Å². The van der Waals surface area contributed by atoms with Gasteiger partial charge in [-0.25, -0.2) is 4.39 Å². The lowest BCUT2D eigenvalue weighted by molar-refractivity contribution is 0.1000. The van der Waals surface area contributed by atoms with Crippen LogP contribution in [0.15, 0.2) is 18.2 Å². The van der Waals surface area contributed by atoms with Crippen molar-refractivity contribution >= 4 is 5.91 Å². The number of halogens is 1. The summed E-state index contributed by atoms with van der Waals surface area (Å²) in [6.07, 6.45) is 3.51. The Morgan fingerprint density at radius 3 is 2.68 bits per heavy atom. The third-order valence-corrected chi connectivity index (χ3v) is 3.04. The zero-order valence-corrected chi connectivity index (χ0v) is 11.7. The summed E-state index contributed by atoms with van der Waals surface area (Å²) in [6.45, 7) is 5.78. The quantitative estimate of drug-likeness (QED) is 0.711. The van der Waals surface area contributed by atoms with Crippen molar-refractivity contribution in [2.75, 3.05) is 6.54 Å². The van der Waals surface area contributed by atoms with Crippen molar-refractivity contribution in [1.82, 2.24) is 5.32 Å². The number of hydrogen-bond acceptors (Lipinski definition) is 2. The smallest absolute Gasteiger partial charge is 0.248 e. The van der Waals surface area contributed by atoms with E-state index in [1.807, 2.05) is 0 Å². The predicted octanol–water partition coefficient (Wildman–Crippen LogP) is 2.84. The molecule has 3 N–H and O–H groups in total. The van der Waals surface area contributed by atoms with Crippen molar-refractivity contribution in [3.63, 3.8) is 0 Å². The van der Waals surface area contributed by atoms with Gasteiger partial charge in [0.05, 0.1) is 0 Å². The van der Waals surface area contributed by atoms with E-state index in [1.165, 1.54) is 18.9 Å². The predicted molar refractivity (Wildman–Crippen MR) is 75.3 cm³/mol. The summed E-state index contributed by atoms with van der Waals surface area (Å²) in [5.74, 6) is -0.253. The fraction of sp³-hybridized carbons (Fsp3) is 0.533. The van der Waals surface area contributed by atoms with Crippen molar-refractivity contribution in [3.05, 3.63) is 35.1 Å². The number of nitrogens with one attached hydrogen (secondary N) is 1. The lowest BCUT2D eigenvalue weighted by Gasteiger charge is -2.08. The molecule has 4 heteroatoms. The third kappa shape index (κ3) is 5.83. The second kappa shape index (κ2) is 7.89. The summed E-state index contributed by atoms with van der Waals surface area (Å²) in [4.78, 5) is 10.9. The van der Waals surface area contributed by atoms with E-state index >= 15 is 0 Å². The molecule has 0 aliphatic carbocycles. The summed E-state index contributed by atoms with van der Waals surface area (Å²) >= 11 is 0. The maximum Gasteiger partial charge on any atom is 0.248 e. The fourth-order valence-electron chi connectivity index (χ4n) is 1.87. The summed E-state index contributed by atoms with van der Waals surface area (Å²) in [5.41, 5.74) is 5.86. The molecular weight excluding hydrogens is 243 g/mol. The Kier molecular flexibility index (Phi) is 6.50. The van der Waals surface area contributed by atoms with E-state index in [2.05, 4.69) is 19.2 Å². The van der Waals surface area contributed by atoms with Crippen LogP contribution in [0.5, 0.6) is 0 Å². The fourth-order valence-corrected chi connectivity index (χ4v) is 1.87. The molecule has 0 fully saturated rings. The van der Waals surface area contributed by atoms with Gasteiger partial charge in [0.25, 0.3) is 0 Å². The Morgan fingerprint density at radius 2 is 2.11 bits per heavy atom. The van der Waals surface area contributed by atoms with Crippen LogP contribution in [0.25, 0.3) is 0 Å². The highest BCUT2D eigenvalue weighted by Crippen LogP contribution is 2.10. The molecule has 19 heavy (non-hydrogen) atoms. The SMILES string of the molecule is CC(C)CCCCNCc1ccc(C(N)=O)cc1F. The molecular formula is C15H23FN2O. The van der Waals surface area contributed by atoms with Crippen molar-refractivity contribution < 1.29 is 9.18 Å². The number of amides is 1. The Balaban J connectivity index is 2.32. The molecule has 0 saturated carbocycles. The zero-order chi connectivity index (χ0) is 14.3. The molecule has 0 aliphatic heterocycles. The Morgan fingerprint density at radius 1 is 1.37 bits per heavy atom. The molecule has 0 heterocycles. The minimum atomic E-state index is -0.605. The first-order valence-corrected chi connectivity index (χ1v) is 6.79. The maximum atomic E-state index is 13.6. The van der Waals surface area contributed by atoms with Crippen LogP contribution in [-0.4, -0.2) is 12.5 Å². The van der Waals surface area contributed by atoms with Crippen LogP contribution >= 0.6 is 0 Å². The Hall–Kier alpha value is -1.42. The molecule has 0 spiro atoms. The second-order valence-electron chi connectivity index (χ2n) is 5.24. The minimum Gasteiger partial charge on any atom is -0.366 e. The molecule has 0 unspecified atom stereocenters. The van der Waals surface area contributed by atoms with E-state index in [0.717, 1.165) is 18.9 Å². The maximum absolute atomic E-state index is 13.6. The first-order valence-electron chi connectivity index (χ1n) is 6.79. The molecule has 0 aromatic heterocycles. The Bertz CT molecular complexity index is 419. The van der Waals surface area contributed by atoms with E-state index in [9.17, 15) is 9.18 Å². The van der Waals surface area contributed by atoms with Crippen LogP contribution in [-0.2, 0) is 6.54 Å². The Labute approximate surface area is 114 Å². The van der Waals surface area contributed by atoms with Crippen LogP contribution < -0.4 is 11.1 Å². The average molecular weight is 266 g/mol. The van der Waals surface area contributed by atoms with E-state index in [-0.39, 0.29) is 11.4 Å². The van der Waals surface area contributed by atoms with Gasteiger partial charge in [-0.05, 0) is 31.0 Å². The molecule has 3 nitrogen and oxygen atoms in total. The number of carbonyl (C=O) groups is 1. The lowest BCUT2D eigenvalue weighted by atomic mass is 10.1. The highest BCUT2D eigenvalue weighted by molar-refractivity contribution is 5.92. The molecule has 1 aromatic carbocycles. The van der Waals surface area contributed by atoms with Crippen LogP contribution in [0.3, 0.4) is 0 Å². The van der Waals surface area contributed by atoms with Crippen LogP contribution in [0.4, 0.5) is 4.39 Å². The minimum absolute atomic E-state index is 0.207. The number of carbonyl (C=O) groups excluding carboxylic acids is 1. The number of unbranched alkanes of at least 4 members (excludes halogenated alkanes) is 1. The molecule has 0 bridgehead atoms. The van der Waals surface area contributed by atoms with Gasteiger partial charge >= 0.3 is 0 Å². The number of primary amides is 1. The van der Waals surface area contributed by atoms with Crippen molar-refractivity contribution in [2.24, 2.45) is 11.7 Å². The standard InChI is InChI=1S/C15H23FN2O/c1-11(2)5-3-4-8-18-10-13-7-6-12(15(17)19)9-14(13)16/h6-7,9,11,18H,3-5,8,10H2,1-2H3,(H2,17,19). The van der Waals surface area contributed by atoms with Gasteiger partial charge in [-0.2, -0.15) is 0 Å². The number of rotatable bonds is 8. The van der Waals surface area contributed by atoms with Gasteiger partial charge in [0.2, 0.25) is 5.91 Å². The molecule has 1 aromatic rings. The van der Waals surface area contributed by atoms with Crippen LogP contribution in [0.1, 0.15) is 49.0 Å². The van der Waals surface area contributed by atoms with Gasteiger partial charge in [0.1, 0.15) is 5.82 Å². The normalized spacial score (nSPS) is 10.9. The van der Waals surface area contributed by atoms with Crippen LogP contribution in [0, 0.1) is 11.7 Å². The number of hydrogen-bond donors (Lipinski definition) is 2. The molecule has 1 rings (SSSR count). The van der Waals surface area contributed by atoms with Gasteiger partial charge in [-0.15, -0.1) is 0 Å². The zero-order valence-electron chi connectivity index (χ0n) is 11.7. The summed E-state index contributed by atoms with van der Waals surface area (Å²) in [5, 5.41) is 3.21. The van der Waals surface area contributed by atoms with E-state index in [4.69, 9.17) is 5.73 Å². The van der Waals surface area contributed by atoms with Crippen molar-refractivity contribution in [3.8, 4) is 0 Å². The monoisotopic (exact) mass is 266 g/mol. The average Bonchev–Trinajstić information content (AvgIpc) is 2.34. The van der Waals surface area contributed by atoms with Gasteiger partial charge in [0.15, 0.2) is 0 Å². The van der Waals surface area contributed by atoms with E-state index < -0.39 is 5.91 Å².